The molecule has 0 atom stereocenters. The maximum absolute atomic E-state index is 12.3. The van der Waals surface area contributed by atoms with Crippen LogP contribution in [0.5, 0.6) is 0 Å². The van der Waals surface area contributed by atoms with Gasteiger partial charge in [-0.25, -0.2) is 19.6 Å². The molecule has 108 valence electrons. The van der Waals surface area contributed by atoms with Gasteiger partial charge in [0.15, 0.2) is 0 Å². The number of oxime groups is 1. The lowest BCUT2D eigenvalue weighted by Crippen LogP contribution is -2.42. The highest BCUT2D eigenvalue weighted by Gasteiger charge is 2.21. The summed E-state index contributed by atoms with van der Waals surface area (Å²) in [6, 6.07) is 0. The van der Waals surface area contributed by atoms with Gasteiger partial charge < -0.3 is 4.90 Å². The van der Waals surface area contributed by atoms with E-state index >= 15 is 0 Å². The number of nitrogens with zero attached hydrogens (tertiary/aromatic N) is 4. The molecule has 0 heterocycles. The molecule has 0 radical (unpaired) electrons. The maximum Gasteiger partial charge on any atom is 0.454 e. The molecule has 0 saturated carbocycles. The normalized spacial score (nSPS) is 10.7. The quantitative estimate of drug-likeness (QED) is 0.178. The summed E-state index contributed by atoms with van der Waals surface area (Å²) < 4.78 is 12.3. The van der Waals surface area contributed by atoms with Crippen molar-refractivity contribution in [1.82, 2.24) is 14.9 Å². The molecule has 0 aromatic heterocycles. The Morgan fingerprint density at radius 2 is 1.63 bits per heavy atom. The van der Waals surface area contributed by atoms with Crippen LogP contribution >= 0.6 is 11.8 Å². The summed E-state index contributed by atoms with van der Waals surface area (Å²) >= 11 is 0.983. The number of halogens is 1. The summed E-state index contributed by atoms with van der Waals surface area (Å²) in [5, 5.41) is 4.27. The topological polar surface area (TPSA) is 82.5 Å². The van der Waals surface area contributed by atoms with Gasteiger partial charge in [0.05, 0.1) is 0 Å². The predicted molar refractivity (Wildman–Crippen MR) is 68.2 cm³/mol. The third-order valence-electron chi connectivity index (χ3n) is 1.96. The average molecular weight is 294 g/mol. The summed E-state index contributed by atoms with van der Waals surface area (Å²) in [7, 11) is 5.17. The monoisotopic (exact) mass is 294 g/mol. The van der Waals surface area contributed by atoms with E-state index in [1.165, 1.54) is 19.0 Å². The number of thioether (sulfide) groups is 1. The molecule has 0 unspecified atom stereocenters. The van der Waals surface area contributed by atoms with Gasteiger partial charge in [-0.05, 0) is 6.26 Å². The fraction of sp³-hybridized carbons (Fsp3) is 0.556. The van der Waals surface area contributed by atoms with Gasteiger partial charge in [-0.1, -0.05) is 5.16 Å². The molecule has 0 bridgehead atoms. The highest BCUT2D eigenvalue weighted by atomic mass is 32.2. The molecule has 0 rings (SSSR count). The molecular formula is C9H15FN4O4S. The van der Waals surface area contributed by atoms with Crippen LogP contribution in [-0.2, 0) is 9.63 Å². The predicted octanol–water partition coefficient (Wildman–Crippen LogP) is 0.756. The zero-order chi connectivity index (χ0) is 15.2. The Kier molecular flexibility index (Phi) is 6.83. The third-order valence-corrected chi connectivity index (χ3v) is 2.59. The summed E-state index contributed by atoms with van der Waals surface area (Å²) in [6.07, 6.45) is -1.36. The molecule has 10 heteroatoms. The molecule has 0 aliphatic carbocycles. The Balaban J connectivity index is 4.72. The van der Waals surface area contributed by atoms with Crippen LogP contribution in [0.25, 0.3) is 0 Å². The Hall–Kier alpha value is -1.84. The average Bonchev–Trinajstić information content (AvgIpc) is 2.36. The molecule has 0 N–H and O–H groups in total. The molecule has 0 aromatic rings. The van der Waals surface area contributed by atoms with Crippen molar-refractivity contribution in [2.75, 3.05) is 34.4 Å². The smallest absolute Gasteiger partial charge is 0.343 e. The minimum absolute atomic E-state index is 0.0546. The molecule has 3 amide bonds. The van der Waals surface area contributed by atoms with Crippen molar-refractivity contribution < 1.29 is 23.6 Å². The van der Waals surface area contributed by atoms with Gasteiger partial charge >= 0.3 is 12.3 Å². The molecule has 8 nitrogen and oxygen atoms in total. The Bertz CT molecular complexity index is 402. The van der Waals surface area contributed by atoms with Crippen molar-refractivity contribution in [3.05, 3.63) is 0 Å². The van der Waals surface area contributed by atoms with Crippen LogP contribution in [0.1, 0.15) is 0 Å². The van der Waals surface area contributed by atoms with Crippen LogP contribution in [0.15, 0.2) is 5.16 Å². The van der Waals surface area contributed by atoms with Crippen LogP contribution in [0, 0.1) is 0 Å². The summed E-state index contributed by atoms with van der Waals surface area (Å²) in [5.41, 5.74) is 0. The minimum Gasteiger partial charge on any atom is -0.343 e. The van der Waals surface area contributed by atoms with Gasteiger partial charge in [0.25, 0.3) is 5.91 Å². The fourth-order valence-corrected chi connectivity index (χ4v) is 1.20. The number of hydrazine groups is 1. The highest BCUT2D eigenvalue weighted by molar-refractivity contribution is 8.15. The lowest BCUT2D eigenvalue weighted by Gasteiger charge is -2.22. The third kappa shape index (κ3) is 5.12. The van der Waals surface area contributed by atoms with E-state index < -0.39 is 18.2 Å². The zero-order valence-electron chi connectivity index (χ0n) is 11.2. The first-order valence-corrected chi connectivity index (χ1v) is 6.16. The van der Waals surface area contributed by atoms with E-state index in [-0.39, 0.29) is 5.04 Å². The van der Waals surface area contributed by atoms with E-state index in [2.05, 4.69) is 9.99 Å². The second-order valence-electron chi connectivity index (χ2n) is 3.46. The van der Waals surface area contributed by atoms with Crippen molar-refractivity contribution in [3.63, 3.8) is 0 Å². The molecule has 0 aliphatic rings. The Morgan fingerprint density at radius 1 is 1.11 bits per heavy atom. The molecule has 0 aromatic carbocycles. The molecular weight excluding hydrogens is 279 g/mol. The molecule has 0 spiro atoms. The summed E-state index contributed by atoms with van der Waals surface area (Å²) in [4.78, 5) is 39.0. The number of rotatable bonds is 1. The van der Waals surface area contributed by atoms with Crippen molar-refractivity contribution in [3.8, 4) is 0 Å². The van der Waals surface area contributed by atoms with Gasteiger partial charge in [-0.3, -0.25) is 9.63 Å². The SMILES string of the molecule is CSC(=NOC(=O)N(C)N(C)C(=O)F)C(=O)N(C)C. The Morgan fingerprint density at radius 3 is 2.00 bits per heavy atom. The van der Waals surface area contributed by atoms with Crippen molar-refractivity contribution in [1.29, 1.82) is 0 Å². The fourth-order valence-electron chi connectivity index (χ4n) is 0.735. The van der Waals surface area contributed by atoms with Gasteiger partial charge in [-0.15, -0.1) is 16.2 Å². The number of hydrogen-bond donors (Lipinski definition) is 0. The van der Waals surface area contributed by atoms with Crippen LogP contribution in [0.3, 0.4) is 0 Å². The Labute approximate surface area is 114 Å². The van der Waals surface area contributed by atoms with Gasteiger partial charge in [0.1, 0.15) is 0 Å². The lowest BCUT2D eigenvalue weighted by molar-refractivity contribution is -0.121. The van der Waals surface area contributed by atoms with E-state index in [1.54, 1.807) is 6.26 Å². The molecule has 0 saturated heterocycles. The minimum atomic E-state index is -1.84. The number of amides is 3. The second-order valence-corrected chi connectivity index (χ2v) is 4.25. The van der Waals surface area contributed by atoms with Gasteiger partial charge in [0, 0.05) is 28.2 Å². The van der Waals surface area contributed by atoms with Gasteiger partial charge in [-0.2, -0.15) is 0 Å². The number of carbonyl (C=O) groups is 3. The number of carbonyl (C=O) groups excluding carboxylic acids is 3. The lowest BCUT2D eigenvalue weighted by atomic mass is 10.6. The van der Waals surface area contributed by atoms with Gasteiger partial charge in [0.2, 0.25) is 5.04 Å². The summed E-state index contributed by atoms with van der Waals surface area (Å²) in [6.45, 7) is 0. The van der Waals surface area contributed by atoms with Crippen molar-refractivity contribution >= 4 is 35.0 Å². The van der Waals surface area contributed by atoms with Crippen molar-refractivity contribution in [2.24, 2.45) is 5.16 Å². The first kappa shape index (κ1) is 17.2. The van der Waals surface area contributed by atoms with E-state index in [0.29, 0.717) is 10.0 Å². The first-order valence-electron chi connectivity index (χ1n) is 4.93. The van der Waals surface area contributed by atoms with E-state index in [4.69, 9.17) is 0 Å². The molecule has 19 heavy (non-hydrogen) atoms. The van der Waals surface area contributed by atoms with E-state index in [0.717, 1.165) is 25.9 Å². The molecule has 0 aliphatic heterocycles. The number of hydrogen-bond acceptors (Lipinski definition) is 6. The van der Waals surface area contributed by atoms with Crippen LogP contribution in [0.2, 0.25) is 0 Å². The zero-order valence-corrected chi connectivity index (χ0v) is 12.0. The second kappa shape index (κ2) is 7.56. The van der Waals surface area contributed by atoms with Crippen LogP contribution in [-0.4, -0.2) is 72.6 Å². The highest BCUT2D eigenvalue weighted by Crippen LogP contribution is 2.04. The van der Waals surface area contributed by atoms with Crippen LogP contribution < -0.4 is 0 Å². The molecule has 0 fully saturated rings. The van der Waals surface area contributed by atoms with E-state index in [1.807, 2.05) is 0 Å². The summed E-state index contributed by atoms with van der Waals surface area (Å²) in [5.74, 6) is -0.446. The largest absolute Gasteiger partial charge is 0.454 e. The van der Waals surface area contributed by atoms with Crippen LogP contribution in [0.4, 0.5) is 14.0 Å². The van der Waals surface area contributed by atoms with E-state index in [9.17, 15) is 18.8 Å². The first-order chi connectivity index (χ1) is 8.72. The standard InChI is InChI=1S/C9H15FN4O4S/c1-12(2)7(15)6(19-5)11-18-9(17)14(4)13(3)8(10)16/h1-5H3. The van der Waals surface area contributed by atoms with Crippen molar-refractivity contribution in [2.45, 2.75) is 0 Å². The maximum atomic E-state index is 12.3.